The quantitative estimate of drug-likeness (QED) is 0.250. The van der Waals surface area contributed by atoms with E-state index in [9.17, 15) is 9.18 Å². The molecule has 0 aliphatic heterocycles. The molecule has 0 bridgehead atoms. The number of nitrogens with zero attached hydrogens (tertiary/aromatic N) is 3. The number of aromatic nitrogens is 3. The third kappa shape index (κ3) is 3.99. The number of fused-ring (bicyclic) bond motifs is 1. The summed E-state index contributed by atoms with van der Waals surface area (Å²) in [6.07, 6.45) is 5.78. The van der Waals surface area contributed by atoms with Crippen molar-refractivity contribution in [2.24, 2.45) is 5.92 Å². The minimum absolute atomic E-state index is 0.181. The molecule has 1 saturated carbocycles. The molecule has 0 N–H and O–H groups in total. The van der Waals surface area contributed by atoms with Crippen molar-refractivity contribution in [3.05, 3.63) is 101 Å². The number of rotatable bonds is 5. The average molecular weight is 514 g/mol. The lowest BCUT2D eigenvalue weighted by molar-refractivity contribution is 0.0886. The Hall–Kier alpha value is -3.51. The second-order valence-electron chi connectivity index (χ2n) is 8.78. The summed E-state index contributed by atoms with van der Waals surface area (Å²) < 4.78 is 18.2. The van der Waals surface area contributed by atoms with E-state index < -0.39 is 0 Å². The summed E-state index contributed by atoms with van der Waals surface area (Å²) >= 11 is 3.59. The van der Waals surface area contributed by atoms with Gasteiger partial charge >= 0.3 is 0 Å². The van der Waals surface area contributed by atoms with Gasteiger partial charge in [0.05, 0.1) is 17.6 Å². The van der Waals surface area contributed by atoms with E-state index in [1.807, 2.05) is 54.9 Å². The molecule has 0 amide bonds. The SMILES string of the molecule is O=C(C1CC1)n1ccc(Cn2c(-c3ccc(-c4ccc(F)cc4)cc3)nc3ccc(Br)cc32)c1. The van der Waals surface area contributed by atoms with Crippen LogP contribution in [0.1, 0.15) is 23.2 Å². The number of hydrogen-bond donors (Lipinski definition) is 0. The average Bonchev–Trinajstić information content (AvgIpc) is 3.50. The highest BCUT2D eigenvalue weighted by atomic mass is 79.9. The molecule has 3 aromatic carbocycles. The number of carbonyl (C=O) groups excluding carboxylic acids is 1. The Balaban J connectivity index is 1.38. The Morgan fingerprint density at radius 3 is 2.32 bits per heavy atom. The van der Waals surface area contributed by atoms with Crippen molar-refractivity contribution in [2.75, 3.05) is 0 Å². The fourth-order valence-corrected chi connectivity index (χ4v) is 4.67. The minimum atomic E-state index is -0.243. The number of carbonyl (C=O) groups is 1. The zero-order valence-corrected chi connectivity index (χ0v) is 19.9. The highest BCUT2D eigenvalue weighted by molar-refractivity contribution is 9.10. The normalized spacial score (nSPS) is 13.5. The van der Waals surface area contributed by atoms with Gasteiger partial charge < -0.3 is 4.57 Å². The number of halogens is 2. The standard InChI is InChI=1S/C28H21BrFN3O/c29-23-9-12-25-26(15-23)33(17-18-13-14-32(16-18)28(34)22-5-6-22)27(31-25)21-3-1-19(2-4-21)20-7-10-24(30)11-8-20/h1-4,7-16,22H,5-6,17H2. The third-order valence-electron chi connectivity index (χ3n) is 6.31. The van der Waals surface area contributed by atoms with Crippen LogP contribution in [0.2, 0.25) is 0 Å². The highest BCUT2D eigenvalue weighted by Gasteiger charge is 2.30. The van der Waals surface area contributed by atoms with Crippen LogP contribution in [0, 0.1) is 11.7 Å². The molecule has 0 radical (unpaired) electrons. The first-order chi connectivity index (χ1) is 16.5. The summed E-state index contributed by atoms with van der Waals surface area (Å²) in [5, 5.41) is 0. The Morgan fingerprint density at radius 1 is 0.941 bits per heavy atom. The van der Waals surface area contributed by atoms with Gasteiger partial charge in [-0.05, 0) is 65.9 Å². The Kier molecular flexibility index (Phi) is 5.18. The molecule has 1 aliphatic carbocycles. The maximum absolute atomic E-state index is 13.3. The predicted molar refractivity (Wildman–Crippen MR) is 135 cm³/mol. The van der Waals surface area contributed by atoms with Crippen LogP contribution < -0.4 is 0 Å². The predicted octanol–water partition coefficient (Wildman–Crippen LogP) is 7.17. The van der Waals surface area contributed by atoms with E-state index in [4.69, 9.17) is 4.98 Å². The van der Waals surface area contributed by atoms with Gasteiger partial charge in [-0.25, -0.2) is 9.37 Å². The molecule has 0 saturated heterocycles. The lowest BCUT2D eigenvalue weighted by Gasteiger charge is -2.10. The molecule has 0 unspecified atom stereocenters. The van der Waals surface area contributed by atoms with Gasteiger partial charge in [-0.3, -0.25) is 9.36 Å². The van der Waals surface area contributed by atoms with E-state index in [0.29, 0.717) is 6.54 Å². The second kappa shape index (κ2) is 8.37. The molecular weight excluding hydrogens is 493 g/mol. The largest absolute Gasteiger partial charge is 0.319 e. The molecule has 4 nitrogen and oxygen atoms in total. The van der Waals surface area contributed by atoms with E-state index in [-0.39, 0.29) is 17.6 Å². The van der Waals surface area contributed by atoms with E-state index in [0.717, 1.165) is 56.4 Å². The van der Waals surface area contributed by atoms with E-state index in [2.05, 4.69) is 26.6 Å². The van der Waals surface area contributed by atoms with Crippen molar-refractivity contribution in [2.45, 2.75) is 19.4 Å². The smallest absolute Gasteiger partial charge is 0.233 e. The molecule has 5 aromatic rings. The minimum Gasteiger partial charge on any atom is -0.319 e. The van der Waals surface area contributed by atoms with Crippen molar-refractivity contribution in [1.29, 1.82) is 0 Å². The summed E-state index contributed by atoms with van der Waals surface area (Å²) in [7, 11) is 0. The molecule has 1 fully saturated rings. The lowest BCUT2D eigenvalue weighted by atomic mass is 10.0. The van der Waals surface area contributed by atoms with Crippen LogP contribution in [0.25, 0.3) is 33.5 Å². The van der Waals surface area contributed by atoms with Gasteiger partial charge in [0.1, 0.15) is 11.6 Å². The van der Waals surface area contributed by atoms with Crippen LogP contribution in [-0.4, -0.2) is 20.0 Å². The number of benzene rings is 3. The van der Waals surface area contributed by atoms with E-state index >= 15 is 0 Å². The van der Waals surface area contributed by atoms with Crippen molar-refractivity contribution in [1.82, 2.24) is 14.1 Å². The Labute approximate surface area is 204 Å². The molecule has 0 spiro atoms. The molecule has 0 atom stereocenters. The number of hydrogen-bond acceptors (Lipinski definition) is 2. The molecule has 168 valence electrons. The number of imidazole rings is 1. The van der Waals surface area contributed by atoms with Gasteiger partial charge in [0.25, 0.3) is 0 Å². The van der Waals surface area contributed by atoms with Crippen LogP contribution in [0.5, 0.6) is 0 Å². The maximum atomic E-state index is 13.3. The lowest BCUT2D eigenvalue weighted by Crippen LogP contribution is -2.10. The maximum Gasteiger partial charge on any atom is 0.233 e. The van der Waals surface area contributed by atoms with Crippen LogP contribution in [0.15, 0.2) is 89.7 Å². The Morgan fingerprint density at radius 2 is 1.62 bits per heavy atom. The molecule has 6 heteroatoms. The summed E-state index contributed by atoms with van der Waals surface area (Å²) in [5.74, 6) is 0.981. The van der Waals surface area contributed by atoms with Crippen molar-refractivity contribution in [3.63, 3.8) is 0 Å². The summed E-state index contributed by atoms with van der Waals surface area (Å²) in [6, 6.07) is 22.8. The van der Waals surface area contributed by atoms with Gasteiger partial charge in [-0.1, -0.05) is 52.3 Å². The van der Waals surface area contributed by atoms with Gasteiger partial charge in [0, 0.05) is 28.3 Å². The van der Waals surface area contributed by atoms with Crippen molar-refractivity contribution >= 4 is 32.9 Å². The molecule has 2 heterocycles. The van der Waals surface area contributed by atoms with Crippen molar-refractivity contribution in [3.8, 4) is 22.5 Å². The van der Waals surface area contributed by atoms with Crippen LogP contribution in [0.3, 0.4) is 0 Å². The molecular formula is C28H21BrFN3O. The van der Waals surface area contributed by atoms with Crippen LogP contribution in [0.4, 0.5) is 4.39 Å². The summed E-state index contributed by atoms with van der Waals surface area (Å²) in [5.41, 5.74) is 5.96. The van der Waals surface area contributed by atoms with E-state index in [1.165, 1.54) is 12.1 Å². The van der Waals surface area contributed by atoms with Crippen molar-refractivity contribution < 1.29 is 9.18 Å². The molecule has 34 heavy (non-hydrogen) atoms. The highest BCUT2D eigenvalue weighted by Crippen LogP contribution is 2.32. The zero-order chi connectivity index (χ0) is 23.2. The fraction of sp³-hybridized carbons (Fsp3) is 0.143. The first kappa shape index (κ1) is 21.1. The van der Waals surface area contributed by atoms with Crippen LogP contribution >= 0.6 is 15.9 Å². The third-order valence-corrected chi connectivity index (χ3v) is 6.80. The fourth-order valence-electron chi connectivity index (χ4n) is 4.33. The first-order valence-corrected chi connectivity index (χ1v) is 12.1. The monoisotopic (exact) mass is 513 g/mol. The summed E-state index contributed by atoms with van der Waals surface area (Å²) in [4.78, 5) is 17.4. The second-order valence-corrected chi connectivity index (χ2v) is 9.69. The van der Waals surface area contributed by atoms with E-state index in [1.54, 1.807) is 16.7 Å². The first-order valence-electron chi connectivity index (χ1n) is 11.3. The zero-order valence-electron chi connectivity index (χ0n) is 18.3. The van der Waals surface area contributed by atoms with Gasteiger partial charge in [0.2, 0.25) is 5.91 Å². The van der Waals surface area contributed by atoms with Crippen LogP contribution in [-0.2, 0) is 6.54 Å². The topological polar surface area (TPSA) is 39.8 Å². The molecule has 1 aliphatic rings. The Bertz CT molecular complexity index is 1510. The van der Waals surface area contributed by atoms with Gasteiger partial charge in [0.15, 0.2) is 0 Å². The molecule has 2 aromatic heterocycles. The summed E-state index contributed by atoms with van der Waals surface area (Å²) in [6.45, 7) is 0.604. The molecule has 6 rings (SSSR count). The van der Waals surface area contributed by atoms with Gasteiger partial charge in [-0.15, -0.1) is 0 Å². The van der Waals surface area contributed by atoms with Gasteiger partial charge in [-0.2, -0.15) is 0 Å².